The number of carbonyl (C=O) groups is 2. The van der Waals surface area contributed by atoms with Crippen LogP contribution in [-0.2, 0) is 22.6 Å². The van der Waals surface area contributed by atoms with Crippen LogP contribution < -0.4 is 14.8 Å². The standard InChI is InChI=1S/C31H29FN2O5/c32-24-6-2-1-5-23(24)18-34-25-7-3-4-8-26(25)39-29(31(34)36)15-20-9-12-22(13-10-20)30(35)33-17-21-11-14-27-28(16-21)38-19-37-27/h1-2,5-6,9-16,25-26H,3-4,7-8,17-19H2,(H,33,35)/b29-15-. The number of nitrogens with zero attached hydrogens (tertiary/aromatic N) is 1. The second kappa shape index (κ2) is 10.8. The number of hydrogen-bond donors (Lipinski definition) is 1. The first-order valence-corrected chi connectivity index (χ1v) is 13.2. The average molecular weight is 529 g/mol. The van der Waals surface area contributed by atoms with Crippen LogP contribution in [0.3, 0.4) is 0 Å². The summed E-state index contributed by atoms with van der Waals surface area (Å²) in [6.45, 7) is 0.759. The summed E-state index contributed by atoms with van der Waals surface area (Å²) < 4.78 is 31.3. The van der Waals surface area contributed by atoms with Gasteiger partial charge in [0.1, 0.15) is 11.9 Å². The van der Waals surface area contributed by atoms with Crippen molar-refractivity contribution in [3.8, 4) is 11.5 Å². The van der Waals surface area contributed by atoms with E-state index in [1.807, 2.05) is 18.2 Å². The first-order valence-electron chi connectivity index (χ1n) is 13.2. The van der Waals surface area contributed by atoms with Gasteiger partial charge in [0.05, 0.1) is 6.04 Å². The lowest BCUT2D eigenvalue weighted by Crippen LogP contribution is -2.54. The van der Waals surface area contributed by atoms with Crippen LogP contribution in [0, 0.1) is 5.82 Å². The number of morpholine rings is 1. The predicted molar refractivity (Wildman–Crippen MR) is 142 cm³/mol. The predicted octanol–water partition coefficient (Wildman–Crippen LogP) is 5.20. The molecule has 2 fully saturated rings. The fraction of sp³-hybridized carbons (Fsp3) is 0.290. The molecule has 8 heteroatoms. The van der Waals surface area contributed by atoms with E-state index in [9.17, 15) is 14.0 Å². The highest BCUT2D eigenvalue weighted by molar-refractivity contribution is 5.97. The van der Waals surface area contributed by atoms with Gasteiger partial charge in [0, 0.05) is 24.2 Å². The van der Waals surface area contributed by atoms with Gasteiger partial charge in [-0.3, -0.25) is 9.59 Å². The minimum absolute atomic E-state index is 0.0705. The molecular weight excluding hydrogens is 499 g/mol. The maximum Gasteiger partial charge on any atom is 0.289 e. The normalized spacial score (nSPS) is 20.9. The van der Waals surface area contributed by atoms with Gasteiger partial charge in [-0.05, 0) is 66.8 Å². The minimum Gasteiger partial charge on any atom is -0.482 e. The van der Waals surface area contributed by atoms with E-state index < -0.39 is 0 Å². The van der Waals surface area contributed by atoms with E-state index in [0.29, 0.717) is 29.2 Å². The lowest BCUT2D eigenvalue weighted by Gasteiger charge is -2.44. The topological polar surface area (TPSA) is 77.1 Å². The molecule has 0 bridgehead atoms. The summed E-state index contributed by atoms with van der Waals surface area (Å²) in [6.07, 6.45) is 5.33. The summed E-state index contributed by atoms with van der Waals surface area (Å²) in [4.78, 5) is 28.0. The summed E-state index contributed by atoms with van der Waals surface area (Å²) in [5.41, 5.74) is 2.64. The van der Waals surface area contributed by atoms with Crippen molar-refractivity contribution in [3.63, 3.8) is 0 Å². The van der Waals surface area contributed by atoms with E-state index in [2.05, 4.69) is 5.32 Å². The van der Waals surface area contributed by atoms with E-state index in [1.165, 1.54) is 6.07 Å². The molecule has 1 saturated carbocycles. The molecule has 3 aromatic rings. The number of nitrogens with one attached hydrogen (secondary N) is 1. The highest BCUT2D eigenvalue weighted by atomic mass is 19.1. The number of halogens is 1. The lowest BCUT2D eigenvalue weighted by atomic mass is 9.89. The van der Waals surface area contributed by atoms with Crippen LogP contribution in [0.1, 0.15) is 52.7 Å². The molecule has 6 rings (SSSR count). The van der Waals surface area contributed by atoms with Gasteiger partial charge < -0.3 is 24.4 Å². The quantitative estimate of drug-likeness (QED) is 0.446. The Morgan fingerprint density at radius 3 is 2.64 bits per heavy atom. The molecule has 1 aliphatic carbocycles. The summed E-state index contributed by atoms with van der Waals surface area (Å²) in [5, 5.41) is 2.91. The minimum atomic E-state index is -0.318. The van der Waals surface area contributed by atoms with E-state index in [1.54, 1.807) is 53.4 Å². The van der Waals surface area contributed by atoms with Crippen molar-refractivity contribution in [1.82, 2.24) is 10.2 Å². The van der Waals surface area contributed by atoms with Gasteiger partial charge in [-0.2, -0.15) is 0 Å². The Bertz CT molecular complexity index is 1420. The smallest absolute Gasteiger partial charge is 0.289 e. The molecule has 7 nitrogen and oxygen atoms in total. The summed E-state index contributed by atoms with van der Waals surface area (Å²) in [6, 6.07) is 19.1. The Hall–Kier alpha value is -4.33. The molecule has 0 aromatic heterocycles. The fourth-order valence-corrected chi connectivity index (χ4v) is 5.39. The molecule has 0 radical (unpaired) electrons. The Morgan fingerprint density at radius 2 is 1.79 bits per heavy atom. The van der Waals surface area contributed by atoms with Gasteiger partial charge in [0.2, 0.25) is 6.79 Å². The maximum atomic E-state index is 14.4. The third kappa shape index (κ3) is 5.32. The Balaban J connectivity index is 1.15. The zero-order valence-corrected chi connectivity index (χ0v) is 21.4. The monoisotopic (exact) mass is 528 g/mol. The molecule has 2 amide bonds. The largest absolute Gasteiger partial charge is 0.482 e. The van der Waals surface area contributed by atoms with Gasteiger partial charge >= 0.3 is 0 Å². The first kappa shape index (κ1) is 25.0. The molecule has 2 heterocycles. The van der Waals surface area contributed by atoms with Crippen molar-refractivity contribution in [2.45, 2.75) is 50.9 Å². The van der Waals surface area contributed by atoms with Crippen LogP contribution >= 0.6 is 0 Å². The van der Waals surface area contributed by atoms with Crippen LogP contribution in [0.15, 0.2) is 72.5 Å². The van der Waals surface area contributed by atoms with E-state index in [4.69, 9.17) is 14.2 Å². The van der Waals surface area contributed by atoms with Gasteiger partial charge in [-0.25, -0.2) is 4.39 Å². The van der Waals surface area contributed by atoms with E-state index in [0.717, 1.165) is 36.8 Å². The molecule has 2 aliphatic heterocycles. The van der Waals surface area contributed by atoms with Crippen molar-refractivity contribution < 1.29 is 28.2 Å². The highest BCUT2D eigenvalue weighted by Crippen LogP contribution is 2.35. The fourth-order valence-electron chi connectivity index (χ4n) is 5.39. The zero-order chi connectivity index (χ0) is 26.8. The van der Waals surface area contributed by atoms with Gasteiger partial charge in [0.15, 0.2) is 17.3 Å². The molecule has 39 heavy (non-hydrogen) atoms. The van der Waals surface area contributed by atoms with Crippen LogP contribution in [0.2, 0.25) is 0 Å². The molecule has 2 atom stereocenters. The molecule has 2 unspecified atom stereocenters. The van der Waals surface area contributed by atoms with Crippen molar-refractivity contribution in [3.05, 3.63) is 101 Å². The molecular formula is C31H29FN2O5. The van der Waals surface area contributed by atoms with Crippen molar-refractivity contribution in [1.29, 1.82) is 0 Å². The highest BCUT2D eigenvalue weighted by Gasteiger charge is 2.41. The molecule has 1 N–H and O–H groups in total. The summed E-state index contributed by atoms with van der Waals surface area (Å²) >= 11 is 0. The number of carbonyl (C=O) groups excluding carboxylic acids is 2. The van der Waals surface area contributed by atoms with Crippen LogP contribution in [0.5, 0.6) is 11.5 Å². The molecule has 1 saturated heterocycles. The summed E-state index contributed by atoms with van der Waals surface area (Å²) in [7, 11) is 0. The SMILES string of the molecule is O=C(NCc1ccc2c(c1)OCO2)c1ccc(/C=C2\OC3CCCCC3N(Cc3ccccc3F)C2=O)cc1. The van der Waals surface area contributed by atoms with E-state index in [-0.39, 0.29) is 48.9 Å². The summed E-state index contributed by atoms with van der Waals surface area (Å²) in [5.74, 6) is 0.844. The third-order valence-corrected chi connectivity index (χ3v) is 7.48. The Morgan fingerprint density at radius 1 is 1.00 bits per heavy atom. The maximum absolute atomic E-state index is 14.4. The molecule has 200 valence electrons. The average Bonchev–Trinajstić information content (AvgIpc) is 3.43. The number of benzene rings is 3. The van der Waals surface area contributed by atoms with Crippen LogP contribution in [0.25, 0.3) is 6.08 Å². The van der Waals surface area contributed by atoms with Crippen molar-refractivity contribution in [2.75, 3.05) is 6.79 Å². The van der Waals surface area contributed by atoms with Gasteiger partial charge in [-0.15, -0.1) is 0 Å². The third-order valence-electron chi connectivity index (χ3n) is 7.48. The molecule has 0 spiro atoms. The van der Waals surface area contributed by atoms with Crippen molar-refractivity contribution in [2.24, 2.45) is 0 Å². The Labute approximate surface area is 226 Å². The second-order valence-electron chi connectivity index (χ2n) is 10.0. The molecule has 3 aromatic carbocycles. The van der Waals surface area contributed by atoms with Gasteiger partial charge in [-0.1, -0.05) is 42.8 Å². The van der Waals surface area contributed by atoms with Gasteiger partial charge in [0.25, 0.3) is 11.8 Å². The lowest BCUT2D eigenvalue weighted by molar-refractivity contribution is -0.149. The number of amides is 2. The second-order valence-corrected chi connectivity index (χ2v) is 10.0. The van der Waals surface area contributed by atoms with Crippen LogP contribution in [0.4, 0.5) is 4.39 Å². The van der Waals surface area contributed by atoms with Crippen LogP contribution in [-0.4, -0.2) is 35.7 Å². The van der Waals surface area contributed by atoms with Crippen molar-refractivity contribution >= 4 is 17.9 Å². The number of ether oxygens (including phenoxy) is 3. The molecule has 3 aliphatic rings. The number of hydrogen-bond acceptors (Lipinski definition) is 5. The Kier molecular flexibility index (Phi) is 6.92. The first-order chi connectivity index (χ1) is 19.0. The number of rotatable bonds is 6. The zero-order valence-electron chi connectivity index (χ0n) is 21.4. The number of fused-ring (bicyclic) bond motifs is 2. The van der Waals surface area contributed by atoms with E-state index >= 15 is 0 Å².